The summed E-state index contributed by atoms with van der Waals surface area (Å²) in [4.78, 5) is 6.11. The molecule has 0 bridgehead atoms. The second kappa shape index (κ2) is 4.51. The average molecular weight is 186 g/mol. The predicted octanol–water partition coefficient (Wildman–Crippen LogP) is -1.70. The topological polar surface area (TPSA) is 25.8 Å². The summed E-state index contributed by atoms with van der Waals surface area (Å²) in [5.41, 5.74) is -0.970. The Morgan fingerprint density at radius 1 is 1.36 bits per heavy atom. The number of alkyl halides is 3. The first-order valence-corrected chi connectivity index (χ1v) is 2.37. The molecule has 0 aliphatic heterocycles. The third-order valence-electron chi connectivity index (χ3n) is 0.826. The first kappa shape index (κ1) is 11.5. The summed E-state index contributed by atoms with van der Waals surface area (Å²) in [7, 11) is 0. The van der Waals surface area contributed by atoms with E-state index in [9.17, 15) is 13.2 Å². The van der Waals surface area contributed by atoms with Crippen LogP contribution in [0, 0.1) is 6.33 Å². The maximum atomic E-state index is 11.7. The molecule has 0 aromatic carbocycles. The zero-order valence-corrected chi connectivity index (χ0v) is 8.81. The average Bonchev–Trinajstić information content (AvgIpc) is 1.88. The van der Waals surface area contributed by atoms with E-state index in [0.717, 1.165) is 12.3 Å². The van der Waals surface area contributed by atoms with Gasteiger partial charge in [0.05, 0.1) is 0 Å². The first-order chi connectivity index (χ1) is 4.61. The monoisotopic (exact) mass is 186 g/mol. The van der Waals surface area contributed by atoms with Gasteiger partial charge >= 0.3 is 57.6 Å². The van der Waals surface area contributed by atoms with Crippen molar-refractivity contribution in [2.75, 3.05) is 0 Å². The van der Waals surface area contributed by atoms with Gasteiger partial charge in [0.25, 0.3) is 0 Å². The molecule has 0 saturated heterocycles. The van der Waals surface area contributed by atoms with Crippen LogP contribution in [0.4, 0.5) is 13.2 Å². The summed E-state index contributed by atoms with van der Waals surface area (Å²) >= 11 is 0. The van der Waals surface area contributed by atoms with Gasteiger partial charge in [-0.15, -0.1) is 6.07 Å². The summed E-state index contributed by atoms with van der Waals surface area (Å²) in [5, 5.41) is 0. The van der Waals surface area contributed by atoms with Crippen molar-refractivity contribution in [3.8, 4) is 0 Å². The quantitative estimate of drug-likeness (QED) is 0.356. The molecule has 0 atom stereocenters. The molecular formula is C5H2F3KN2. The van der Waals surface area contributed by atoms with Gasteiger partial charge in [-0.2, -0.15) is 13.2 Å². The second-order valence-corrected chi connectivity index (χ2v) is 1.54. The molecular weight excluding hydrogens is 184 g/mol. The number of halogens is 3. The Morgan fingerprint density at radius 3 is 2.27 bits per heavy atom. The fraction of sp³-hybridized carbons (Fsp3) is 0.200. The Morgan fingerprint density at radius 2 is 2.00 bits per heavy atom. The fourth-order valence-electron chi connectivity index (χ4n) is 0.419. The van der Waals surface area contributed by atoms with Gasteiger partial charge < -0.3 is 9.97 Å². The maximum Gasteiger partial charge on any atom is 1.00 e. The van der Waals surface area contributed by atoms with Gasteiger partial charge in [-0.3, -0.25) is 0 Å². The molecule has 6 heteroatoms. The van der Waals surface area contributed by atoms with Crippen LogP contribution in [0.1, 0.15) is 5.69 Å². The summed E-state index contributed by atoms with van der Waals surface area (Å²) < 4.78 is 35.0. The molecule has 0 saturated carbocycles. The van der Waals surface area contributed by atoms with E-state index in [2.05, 4.69) is 9.97 Å². The number of aromatic nitrogens is 2. The number of hydrogen-bond donors (Lipinski definition) is 0. The molecule has 0 aliphatic rings. The molecule has 0 spiro atoms. The van der Waals surface area contributed by atoms with E-state index in [1.807, 2.05) is 6.33 Å². The first-order valence-electron chi connectivity index (χ1n) is 2.37. The van der Waals surface area contributed by atoms with Crippen LogP contribution in [-0.4, -0.2) is 9.97 Å². The number of hydrogen-bond acceptors (Lipinski definition) is 2. The minimum absolute atomic E-state index is 0. The van der Waals surface area contributed by atoms with E-state index < -0.39 is 11.9 Å². The van der Waals surface area contributed by atoms with E-state index in [1.165, 1.54) is 0 Å². The van der Waals surface area contributed by atoms with Gasteiger partial charge in [0.15, 0.2) is 0 Å². The van der Waals surface area contributed by atoms with Gasteiger partial charge in [-0.25, -0.2) is 0 Å². The second-order valence-electron chi connectivity index (χ2n) is 1.54. The summed E-state index contributed by atoms with van der Waals surface area (Å²) in [5.74, 6) is 0. The Balaban J connectivity index is 0.000001000. The molecule has 1 heterocycles. The largest absolute Gasteiger partial charge is 1.00 e. The van der Waals surface area contributed by atoms with Crippen LogP contribution >= 0.6 is 0 Å². The molecule has 0 aliphatic carbocycles. The molecule has 0 amide bonds. The molecule has 1 aromatic rings. The van der Waals surface area contributed by atoms with Crippen LogP contribution in [0.5, 0.6) is 0 Å². The molecule has 0 fully saturated rings. The zero-order valence-electron chi connectivity index (χ0n) is 5.68. The molecule has 1 aromatic heterocycles. The molecule has 0 N–H and O–H groups in total. The summed E-state index contributed by atoms with van der Waals surface area (Å²) in [6.07, 6.45) is -1.55. The minimum Gasteiger partial charge on any atom is -0.374 e. The SMILES string of the molecule is FC(F)(F)c1ccn[c-]n1.[K+]. The zero-order chi connectivity index (χ0) is 7.61. The van der Waals surface area contributed by atoms with Crippen molar-refractivity contribution < 1.29 is 64.6 Å². The van der Waals surface area contributed by atoms with Crippen LogP contribution < -0.4 is 51.4 Å². The Bertz CT molecular complexity index is 211. The standard InChI is InChI=1S/C5H2F3N2.K/c6-5(7,8)4-1-2-9-3-10-4;/h1-2H;/q-1;+1. The number of rotatable bonds is 0. The van der Waals surface area contributed by atoms with E-state index in [4.69, 9.17) is 0 Å². The molecule has 0 radical (unpaired) electrons. The van der Waals surface area contributed by atoms with Crippen molar-refractivity contribution in [3.63, 3.8) is 0 Å². The molecule has 11 heavy (non-hydrogen) atoms. The van der Waals surface area contributed by atoms with Crippen LogP contribution in [0.15, 0.2) is 12.3 Å². The van der Waals surface area contributed by atoms with E-state index in [0.29, 0.717) is 0 Å². The van der Waals surface area contributed by atoms with Crippen LogP contribution in [-0.2, 0) is 6.18 Å². The van der Waals surface area contributed by atoms with Crippen molar-refractivity contribution in [1.82, 2.24) is 9.97 Å². The summed E-state index contributed by atoms with van der Waals surface area (Å²) in [6, 6.07) is 0.788. The molecule has 0 unspecified atom stereocenters. The maximum absolute atomic E-state index is 11.7. The van der Waals surface area contributed by atoms with Crippen molar-refractivity contribution in [2.45, 2.75) is 6.18 Å². The van der Waals surface area contributed by atoms with Crippen molar-refractivity contribution >= 4 is 0 Å². The molecule has 54 valence electrons. The van der Waals surface area contributed by atoms with Gasteiger partial charge in [-0.1, -0.05) is 6.20 Å². The van der Waals surface area contributed by atoms with E-state index >= 15 is 0 Å². The molecule has 2 nitrogen and oxygen atoms in total. The molecule has 1 rings (SSSR count). The normalized spacial score (nSPS) is 10.5. The van der Waals surface area contributed by atoms with Crippen molar-refractivity contribution in [2.24, 2.45) is 0 Å². The van der Waals surface area contributed by atoms with Crippen LogP contribution in [0.3, 0.4) is 0 Å². The number of nitrogens with zero attached hydrogens (tertiary/aromatic N) is 2. The third-order valence-corrected chi connectivity index (χ3v) is 0.826. The van der Waals surface area contributed by atoms with Crippen LogP contribution in [0.25, 0.3) is 0 Å². The Labute approximate surface area is 104 Å². The van der Waals surface area contributed by atoms with Gasteiger partial charge in [0, 0.05) is 12.0 Å². The fourth-order valence-corrected chi connectivity index (χ4v) is 0.419. The van der Waals surface area contributed by atoms with Gasteiger partial charge in [0.1, 0.15) is 0 Å². The minimum atomic E-state index is -4.39. The van der Waals surface area contributed by atoms with Gasteiger partial charge in [-0.05, 0) is 0 Å². The van der Waals surface area contributed by atoms with Crippen LogP contribution in [0.2, 0.25) is 0 Å². The smallest absolute Gasteiger partial charge is 0.374 e. The van der Waals surface area contributed by atoms with Gasteiger partial charge in [0.2, 0.25) is 0 Å². The van der Waals surface area contributed by atoms with E-state index in [-0.39, 0.29) is 51.4 Å². The van der Waals surface area contributed by atoms with Crippen molar-refractivity contribution in [1.29, 1.82) is 0 Å². The summed E-state index contributed by atoms with van der Waals surface area (Å²) in [6.45, 7) is 0. The predicted molar refractivity (Wildman–Crippen MR) is 25.9 cm³/mol. The third kappa shape index (κ3) is 3.61. The van der Waals surface area contributed by atoms with E-state index in [1.54, 1.807) is 0 Å². The Kier molecular flexibility index (Phi) is 4.72. The Hall–Kier alpha value is 0.506. The van der Waals surface area contributed by atoms with Crippen molar-refractivity contribution in [3.05, 3.63) is 24.3 Å².